The molecule has 0 saturated carbocycles. The summed E-state index contributed by atoms with van der Waals surface area (Å²) < 4.78 is 18.9. The summed E-state index contributed by atoms with van der Waals surface area (Å²) in [6, 6.07) is 5.54. The van der Waals surface area contributed by atoms with Crippen molar-refractivity contribution in [3.8, 4) is 5.75 Å². The Hall–Kier alpha value is -3.04. The first-order valence-electron chi connectivity index (χ1n) is 7.12. The van der Waals surface area contributed by atoms with Crippen molar-refractivity contribution < 1.29 is 28.7 Å². The lowest BCUT2D eigenvalue weighted by Gasteiger charge is -2.15. The minimum atomic E-state index is -1.25. The quantitative estimate of drug-likeness (QED) is 0.339. The molecule has 26 heavy (non-hydrogen) atoms. The maximum Gasteiger partial charge on any atom is 0.348 e. The molecule has 0 heterocycles. The predicted molar refractivity (Wildman–Crippen MR) is 88.6 cm³/mol. The molecule has 3 N–H and O–H groups in total. The zero-order chi connectivity index (χ0) is 19.4. The Morgan fingerprint density at radius 2 is 2.04 bits per heavy atom. The number of carboxylic acids is 1. The summed E-state index contributed by atoms with van der Waals surface area (Å²) in [5.74, 6) is -3.54. The number of aliphatic carboxylic acids is 1. The first kappa shape index (κ1) is 19.3. The van der Waals surface area contributed by atoms with Gasteiger partial charge in [-0.3, -0.25) is 14.9 Å². The van der Waals surface area contributed by atoms with E-state index in [1.807, 2.05) is 0 Å². The van der Waals surface area contributed by atoms with Gasteiger partial charge in [-0.25, -0.2) is 9.18 Å². The Morgan fingerprint density at radius 1 is 1.35 bits per heavy atom. The number of nitrogens with zero attached hydrogens (tertiary/aromatic N) is 1. The average molecular weight is 383 g/mol. The van der Waals surface area contributed by atoms with E-state index >= 15 is 0 Å². The normalized spacial score (nSPS) is 11.7. The molecule has 0 aliphatic heterocycles. The van der Waals surface area contributed by atoms with Gasteiger partial charge in [-0.1, -0.05) is 17.7 Å². The molecule has 136 valence electrons. The van der Waals surface area contributed by atoms with E-state index in [0.29, 0.717) is 0 Å². The van der Waals surface area contributed by atoms with Gasteiger partial charge in [0.2, 0.25) is 0 Å². The number of nitrogens with two attached hydrogens (primary N) is 1. The molecule has 0 bridgehead atoms. The fourth-order valence-electron chi connectivity index (χ4n) is 2.17. The third-order valence-corrected chi connectivity index (χ3v) is 3.68. The highest BCUT2D eigenvalue weighted by molar-refractivity contribution is 6.33. The fourth-order valence-corrected chi connectivity index (χ4v) is 2.41. The van der Waals surface area contributed by atoms with Gasteiger partial charge in [-0.05, 0) is 18.2 Å². The topological polar surface area (TPSA) is 133 Å². The van der Waals surface area contributed by atoms with E-state index in [-0.39, 0.29) is 22.0 Å². The summed E-state index contributed by atoms with van der Waals surface area (Å²) in [5, 5.41) is 19.6. The van der Waals surface area contributed by atoms with E-state index in [2.05, 4.69) is 0 Å². The molecule has 1 atom stereocenters. The summed E-state index contributed by atoms with van der Waals surface area (Å²) in [7, 11) is 0. The number of non-ortho nitro benzene ring substituents is 1. The van der Waals surface area contributed by atoms with E-state index in [1.165, 1.54) is 12.1 Å². The Morgan fingerprint density at radius 3 is 2.62 bits per heavy atom. The molecule has 0 radical (unpaired) electrons. The van der Waals surface area contributed by atoms with Crippen molar-refractivity contribution >= 4 is 29.2 Å². The van der Waals surface area contributed by atoms with Gasteiger partial charge in [0.25, 0.3) is 5.69 Å². The predicted octanol–water partition coefficient (Wildman–Crippen LogP) is 3.08. The molecule has 2 aromatic rings. The number of esters is 1. The summed E-state index contributed by atoms with van der Waals surface area (Å²) in [4.78, 5) is 33.3. The first-order chi connectivity index (χ1) is 12.2. The van der Waals surface area contributed by atoms with Gasteiger partial charge in [-0.2, -0.15) is 0 Å². The Bertz CT molecular complexity index is 869. The van der Waals surface area contributed by atoms with Gasteiger partial charge in [0.15, 0.2) is 0 Å². The van der Waals surface area contributed by atoms with Crippen LogP contribution in [0.5, 0.6) is 5.75 Å². The van der Waals surface area contributed by atoms with Gasteiger partial charge in [0, 0.05) is 23.7 Å². The minimum Gasteiger partial charge on any atom is -0.481 e. The van der Waals surface area contributed by atoms with Crippen LogP contribution in [-0.4, -0.2) is 22.0 Å². The second-order valence-electron chi connectivity index (χ2n) is 5.17. The minimum absolute atomic E-state index is 0.0811. The molecular formula is C16H12ClFN2O6. The van der Waals surface area contributed by atoms with Gasteiger partial charge >= 0.3 is 11.9 Å². The number of carbonyl (C=O) groups is 2. The molecule has 1 unspecified atom stereocenters. The highest BCUT2D eigenvalue weighted by Crippen LogP contribution is 2.31. The number of hydrogen-bond donors (Lipinski definition) is 2. The maximum absolute atomic E-state index is 13.8. The number of halogens is 2. The van der Waals surface area contributed by atoms with Crippen molar-refractivity contribution in [3.63, 3.8) is 0 Å². The molecule has 0 aliphatic carbocycles. The van der Waals surface area contributed by atoms with E-state index in [0.717, 1.165) is 24.3 Å². The van der Waals surface area contributed by atoms with Crippen molar-refractivity contribution in [1.82, 2.24) is 0 Å². The van der Waals surface area contributed by atoms with Crippen LogP contribution in [0.3, 0.4) is 0 Å². The SMILES string of the molecule is NC(CC(=O)O)c1cc([N+](=O)[O-])ccc1OC(=O)c1c(F)cccc1Cl. The monoisotopic (exact) mass is 382 g/mol. The molecule has 2 rings (SSSR count). The summed E-state index contributed by atoms with van der Waals surface area (Å²) in [5.41, 5.74) is 4.77. The third kappa shape index (κ3) is 4.32. The van der Waals surface area contributed by atoms with Crippen LogP contribution in [0.15, 0.2) is 36.4 Å². The Kier molecular flexibility index (Phi) is 5.86. The van der Waals surface area contributed by atoms with Gasteiger partial charge in [-0.15, -0.1) is 0 Å². The molecule has 0 saturated heterocycles. The van der Waals surface area contributed by atoms with Crippen LogP contribution in [0.2, 0.25) is 5.02 Å². The Labute approximate surface area is 151 Å². The van der Waals surface area contributed by atoms with Crippen LogP contribution >= 0.6 is 11.6 Å². The Balaban J connectivity index is 2.43. The van der Waals surface area contributed by atoms with Crippen LogP contribution in [0.4, 0.5) is 10.1 Å². The van der Waals surface area contributed by atoms with Crippen LogP contribution in [0, 0.1) is 15.9 Å². The molecule has 2 aromatic carbocycles. The molecule has 8 nitrogen and oxygen atoms in total. The number of hydrogen-bond acceptors (Lipinski definition) is 6. The van der Waals surface area contributed by atoms with E-state index in [4.69, 9.17) is 27.2 Å². The van der Waals surface area contributed by atoms with Crippen LogP contribution < -0.4 is 10.5 Å². The highest BCUT2D eigenvalue weighted by atomic mass is 35.5. The molecule has 10 heteroatoms. The number of carbonyl (C=O) groups excluding carboxylic acids is 1. The number of ether oxygens (including phenoxy) is 1. The third-order valence-electron chi connectivity index (χ3n) is 3.37. The molecule has 0 aromatic heterocycles. The second-order valence-corrected chi connectivity index (χ2v) is 5.58. The van der Waals surface area contributed by atoms with Crippen molar-refractivity contribution in [2.75, 3.05) is 0 Å². The first-order valence-corrected chi connectivity index (χ1v) is 7.50. The van der Waals surface area contributed by atoms with Crippen molar-refractivity contribution in [2.24, 2.45) is 5.73 Å². The summed E-state index contributed by atoms with van der Waals surface area (Å²) >= 11 is 5.80. The van der Waals surface area contributed by atoms with Gasteiger partial charge in [0.05, 0.1) is 16.4 Å². The summed E-state index contributed by atoms with van der Waals surface area (Å²) in [6.45, 7) is 0. The summed E-state index contributed by atoms with van der Waals surface area (Å²) in [6.07, 6.45) is -0.563. The van der Waals surface area contributed by atoms with E-state index in [9.17, 15) is 24.1 Å². The largest absolute Gasteiger partial charge is 0.481 e. The van der Waals surface area contributed by atoms with Crippen LogP contribution in [0.1, 0.15) is 28.4 Å². The van der Waals surface area contributed by atoms with Crippen molar-refractivity contribution in [2.45, 2.75) is 12.5 Å². The lowest BCUT2D eigenvalue weighted by Crippen LogP contribution is -2.18. The average Bonchev–Trinajstić information content (AvgIpc) is 2.54. The maximum atomic E-state index is 13.8. The molecule has 0 fully saturated rings. The number of nitro benzene ring substituents is 1. The number of nitro groups is 1. The van der Waals surface area contributed by atoms with Crippen molar-refractivity contribution in [3.05, 3.63) is 68.5 Å². The smallest absolute Gasteiger partial charge is 0.348 e. The van der Waals surface area contributed by atoms with Crippen LogP contribution in [-0.2, 0) is 4.79 Å². The van der Waals surface area contributed by atoms with Crippen molar-refractivity contribution in [1.29, 1.82) is 0 Å². The molecular weight excluding hydrogens is 371 g/mol. The molecule has 0 aliphatic rings. The lowest BCUT2D eigenvalue weighted by molar-refractivity contribution is -0.385. The number of rotatable bonds is 6. The molecule has 0 spiro atoms. The number of carboxylic acid groups (broad SMARTS) is 1. The van der Waals surface area contributed by atoms with E-state index < -0.39 is 40.7 Å². The molecule has 0 amide bonds. The lowest BCUT2D eigenvalue weighted by atomic mass is 10.0. The van der Waals surface area contributed by atoms with Crippen LogP contribution in [0.25, 0.3) is 0 Å². The van der Waals surface area contributed by atoms with Gasteiger partial charge in [0.1, 0.15) is 17.1 Å². The number of benzene rings is 2. The second kappa shape index (κ2) is 7.89. The zero-order valence-electron chi connectivity index (χ0n) is 13.0. The zero-order valence-corrected chi connectivity index (χ0v) is 13.8. The fraction of sp³-hybridized carbons (Fsp3) is 0.125. The highest BCUT2D eigenvalue weighted by Gasteiger charge is 2.24. The van der Waals surface area contributed by atoms with E-state index in [1.54, 1.807) is 0 Å². The standard InChI is InChI=1S/C16H12ClFN2O6/c17-10-2-1-3-11(18)15(10)16(23)26-13-5-4-8(20(24)25)6-9(13)12(19)7-14(21)22/h1-6,12H,7,19H2,(H,21,22). The van der Waals surface area contributed by atoms with Gasteiger partial charge < -0.3 is 15.6 Å².